The maximum absolute atomic E-state index is 11.8. The Labute approximate surface area is 205 Å². The molecule has 0 bridgehead atoms. The van der Waals surface area contributed by atoms with Crippen molar-refractivity contribution in [2.24, 2.45) is 4.99 Å². The first-order valence-corrected chi connectivity index (χ1v) is 11.6. The average Bonchev–Trinajstić information content (AvgIpc) is 2.96. The van der Waals surface area contributed by atoms with Crippen molar-refractivity contribution >= 4 is 23.3 Å². The maximum atomic E-state index is 11.8. The number of carbonyl (C=O) groups is 1. The fraction of sp³-hybridized carbons (Fsp3) is 0.367. The fourth-order valence-corrected chi connectivity index (χ4v) is 4.02. The van der Waals surface area contributed by atoms with Crippen LogP contribution in [0.3, 0.4) is 0 Å². The fourth-order valence-electron chi connectivity index (χ4n) is 4.02. The molecule has 1 N–H and O–H groups in total. The van der Waals surface area contributed by atoms with Gasteiger partial charge >= 0.3 is 0 Å². The molecule has 2 heterocycles. The van der Waals surface area contributed by atoms with Gasteiger partial charge < -0.3 is 5.32 Å². The topological polar surface area (TPSA) is 54.4 Å². The van der Waals surface area contributed by atoms with Crippen LogP contribution >= 0.6 is 0 Å². The van der Waals surface area contributed by atoms with Crippen LogP contribution in [0.25, 0.3) is 11.3 Å². The number of nitrogens with zero attached hydrogens (tertiary/aromatic N) is 2. The molecule has 34 heavy (non-hydrogen) atoms. The quantitative estimate of drug-likeness (QED) is 0.489. The second kappa shape index (κ2) is 10.3. The molecule has 1 aromatic heterocycles. The highest BCUT2D eigenvalue weighted by Crippen LogP contribution is 2.34. The second-order valence-corrected chi connectivity index (χ2v) is 10.0. The number of rotatable bonds is 5. The van der Waals surface area contributed by atoms with Crippen LogP contribution < -0.4 is 5.32 Å². The Morgan fingerprint density at radius 3 is 2.32 bits per heavy atom. The van der Waals surface area contributed by atoms with E-state index in [2.05, 4.69) is 54.4 Å². The standard InChI is InChI=1S/C19H25NO.C11H14N2/c1-8-16(12-20-13(2)3)17-9-10-18(14(4)11-17)19(6,7)15(5)21;1-7-5-6-9-10(12-7)8(2)13-11(9,3)4/h8-12H,2H2,1,3-7H3;5-6,13H,2H2,1,3-4H3/b16-8+,20-12?;. The number of pyridine rings is 1. The summed E-state index contributed by atoms with van der Waals surface area (Å²) in [5.74, 6) is 0.174. The molecule has 4 heteroatoms. The molecule has 3 rings (SSSR count). The van der Waals surface area contributed by atoms with E-state index in [1.807, 2.05) is 72.0 Å². The molecule has 0 saturated heterocycles. The van der Waals surface area contributed by atoms with Crippen molar-refractivity contribution in [2.45, 2.75) is 73.3 Å². The minimum Gasteiger partial charge on any atom is -0.375 e. The third kappa shape index (κ3) is 5.99. The van der Waals surface area contributed by atoms with Gasteiger partial charge in [0.25, 0.3) is 0 Å². The third-order valence-corrected chi connectivity index (χ3v) is 6.31. The lowest BCUT2D eigenvalue weighted by atomic mass is 9.78. The summed E-state index contributed by atoms with van der Waals surface area (Å²) in [6.07, 6.45) is 3.85. The molecule has 0 fully saturated rings. The molecule has 180 valence electrons. The van der Waals surface area contributed by atoms with Crippen LogP contribution in [0.15, 0.2) is 60.3 Å². The zero-order valence-electron chi connectivity index (χ0n) is 22.3. The number of allylic oxidation sites excluding steroid dienone is 3. The largest absolute Gasteiger partial charge is 0.375 e. The highest BCUT2D eigenvalue weighted by atomic mass is 16.1. The van der Waals surface area contributed by atoms with Crippen LogP contribution in [0.5, 0.6) is 0 Å². The molecule has 0 unspecified atom stereocenters. The molecule has 0 radical (unpaired) electrons. The van der Waals surface area contributed by atoms with Crippen LogP contribution in [0.4, 0.5) is 0 Å². The molecule has 0 aliphatic carbocycles. The molecule has 2 aromatic rings. The lowest BCUT2D eigenvalue weighted by molar-refractivity contribution is -0.121. The normalized spacial score (nSPS) is 14.9. The predicted molar refractivity (Wildman–Crippen MR) is 146 cm³/mol. The number of Topliss-reactive ketones (excluding diaryl/α,β-unsaturated/α-hetero) is 1. The molecule has 0 amide bonds. The lowest BCUT2D eigenvalue weighted by Gasteiger charge is -2.24. The zero-order chi connectivity index (χ0) is 25.8. The zero-order valence-corrected chi connectivity index (χ0v) is 22.3. The van der Waals surface area contributed by atoms with E-state index in [9.17, 15) is 4.79 Å². The van der Waals surface area contributed by atoms with E-state index in [1.165, 1.54) is 5.56 Å². The summed E-state index contributed by atoms with van der Waals surface area (Å²) >= 11 is 0. The molecular formula is C30H39N3O. The number of fused-ring (bicyclic) bond motifs is 1. The summed E-state index contributed by atoms with van der Waals surface area (Å²) in [6.45, 7) is 25.5. The van der Waals surface area contributed by atoms with Crippen molar-refractivity contribution in [3.8, 4) is 0 Å². The van der Waals surface area contributed by atoms with E-state index in [-0.39, 0.29) is 11.3 Å². The number of aliphatic imine (C=N–C) groups is 1. The number of carbonyl (C=O) groups excluding carboxylic acids is 1. The molecular weight excluding hydrogens is 418 g/mol. The second-order valence-electron chi connectivity index (χ2n) is 10.0. The van der Waals surface area contributed by atoms with Crippen LogP contribution in [0.2, 0.25) is 0 Å². The first kappa shape index (κ1) is 27.0. The lowest BCUT2D eigenvalue weighted by Crippen LogP contribution is -2.28. The first-order valence-electron chi connectivity index (χ1n) is 11.6. The Balaban J connectivity index is 0.000000266. The molecule has 1 aromatic carbocycles. The minimum absolute atomic E-state index is 0.0207. The number of aromatic nitrogens is 1. The van der Waals surface area contributed by atoms with Gasteiger partial charge in [0.05, 0.1) is 16.9 Å². The van der Waals surface area contributed by atoms with E-state index in [1.54, 1.807) is 6.92 Å². The number of benzene rings is 1. The van der Waals surface area contributed by atoms with Gasteiger partial charge in [-0.05, 0) is 90.6 Å². The summed E-state index contributed by atoms with van der Waals surface area (Å²) in [4.78, 5) is 20.6. The summed E-state index contributed by atoms with van der Waals surface area (Å²) in [6, 6.07) is 10.4. The van der Waals surface area contributed by atoms with E-state index in [0.717, 1.165) is 45.0 Å². The van der Waals surface area contributed by atoms with Crippen molar-refractivity contribution in [3.63, 3.8) is 0 Å². The number of hydrogen-bond acceptors (Lipinski definition) is 4. The smallest absolute Gasteiger partial charge is 0.139 e. The molecule has 0 saturated carbocycles. The van der Waals surface area contributed by atoms with Gasteiger partial charge in [-0.1, -0.05) is 43.5 Å². The van der Waals surface area contributed by atoms with Crippen LogP contribution in [0.1, 0.15) is 82.1 Å². The SMILES string of the molecule is C=C(C)N=C/C(=C\C)c1ccc(C(C)(C)C(C)=O)c(C)c1.C=C1NC(C)(C)c2ccc(C)nc21. The Kier molecular flexibility index (Phi) is 8.20. The molecule has 0 atom stereocenters. The Morgan fingerprint density at radius 2 is 1.79 bits per heavy atom. The number of aryl methyl sites for hydroxylation is 2. The first-order chi connectivity index (χ1) is 15.7. The van der Waals surface area contributed by atoms with Gasteiger partial charge in [-0.2, -0.15) is 0 Å². The Bertz CT molecular complexity index is 1180. The number of nitrogens with one attached hydrogen (secondary N) is 1. The van der Waals surface area contributed by atoms with Crippen molar-refractivity contribution in [2.75, 3.05) is 0 Å². The summed E-state index contributed by atoms with van der Waals surface area (Å²) in [5, 5.41) is 3.33. The maximum Gasteiger partial charge on any atom is 0.139 e. The summed E-state index contributed by atoms with van der Waals surface area (Å²) in [7, 11) is 0. The van der Waals surface area contributed by atoms with Crippen LogP contribution in [0, 0.1) is 13.8 Å². The molecule has 1 aliphatic heterocycles. The van der Waals surface area contributed by atoms with Crippen molar-refractivity contribution in [1.29, 1.82) is 0 Å². The monoisotopic (exact) mass is 457 g/mol. The highest BCUT2D eigenvalue weighted by Gasteiger charge is 2.32. The Morgan fingerprint density at radius 1 is 1.15 bits per heavy atom. The predicted octanol–water partition coefficient (Wildman–Crippen LogP) is 7.07. The van der Waals surface area contributed by atoms with Crippen LogP contribution in [-0.2, 0) is 15.7 Å². The highest BCUT2D eigenvalue weighted by molar-refractivity contribution is 6.10. The average molecular weight is 458 g/mol. The number of hydrogen-bond donors (Lipinski definition) is 1. The minimum atomic E-state index is -0.454. The van der Waals surface area contributed by atoms with Gasteiger partial charge in [-0.15, -0.1) is 0 Å². The van der Waals surface area contributed by atoms with Crippen molar-refractivity contribution < 1.29 is 4.79 Å². The summed E-state index contributed by atoms with van der Waals surface area (Å²) in [5.41, 5.74) is 8.88. The molecule has 0 spiro atoms. The number of ketones is 1. The van der Waals surface area contributed by atoms with E-state index in [0.29, 0.717) is 0 Å². The van der Waals surface area contributed by atoms with Gasteiger partial charge in [-0.25, -0.2) is 0 Å². The summed E-state index contributed by atoms with van der Waals surface area (Å²) < 4.78 is 0. The Hall–Kier alpha value is -3.27. The van der Waals surface area contributed by atoms with Gasteiger partial charge in [0, 0.05) is 28.6 Å². The van der Waals surface area contributed by atoms with Gasteiger partial charge in [0.2, 0.25) is 0 Å². The van der Waals surface area contributed by atoms with E-state index in [4.69, 9.17) is 0 Å². The van der Waals surface area contributed by atoms with Crippen molar-refractivity contribution in [3.05, 3.63) is 88.9 Å². The van der Waals surface area contributed by atoms with E-state index < -0.39 is 5.41 Å². The van der Waals surface area contributed by atoms with E-state index >= 15 is 0 Å². The van der Waals surface area contributed by atoms with Crippen molar-refractivity contribution in [1.82, 2.24) is 10.3 Å². The van der Waals surface area contributed by atoms with Gasteiger partial charge in [-0.3, -0.25) is 14.8 Å². The van der Waals surface area contributed by atoms with Gasteiger partial charge in [0.15, 0.2) is 0 Å². The third-order valence-electron chi connectivity index (χ3n) is 6.31. The molecule has 4 nitrogen and oxygen atoms in total. The van der Waals surface area contributed by atoms with Crippen LogP contribution in [-0.4, -0.2) is 17.0 Å². The molecule has 1 aliphatic rings. The van der Waals surface area contributed by atoms with Gasteiger partial charge in [0.1, 0.15) is 5.78 Å².